The summed E-state index contributed by atoms with van der Waals surface area (Å²) in [5.41, 5.74) is 11.0. The summed E-state index contributed by atoms with van der Waals surface area (Å²) in [7, 11) is 0. The second kappa shape index (κ2) is 9.82. The summed E-state index contributed by atoms with van der Waals surface area (Å²) in [6.45, 7) is 0. The topological polar surface area (TPSA) is 31.0 Å². The van der Waals surface area contributed by atoms with Gasteiger partial charge in [-0.15, -0.1) is 0 Å². The summed E-state index contributed by atoms with van der Waals surface area (Å²) in [6, 6.07) is 55.9. The number of hydrogen-bond acceptors (Lipinski definition) is 2. The first-order chi connectivity index (χ1) is 21.8. The van der Waals surface area contributed by atoms with Gasteiger partial charge in [0.15, 0.2) is 5.58 Å². The number of rotatable bonds is 4. The van der Waals surface area contributed by atoms with E-state index in [1.54, 1.807) is 0 Å². The van der Waals surface area contributed by atoms with Gasteiger partial charge in [0.05, 0.1) is 11.0 Å². The Hall–Kier alpha value is -5.93. The number of hydrogen-bond donors (Lipinski definition) is 0. The van der Waals surface area contributed by atoms with Crippen molar-refractivity contribution in [2.24, 2.45) is 0 Å². The van der Waals surface area contributed by atoms with Crippen molar-refractivity contribution >= 4 is 43.7 Å². The molecule has 0 saturated heterocycles. The molecule has 0 bridgehead atoms. The highest BCUT2D eigenvalue weighted by Gasteiger charge is 2.14. The minimum absolute atomic E-state index is 0.641. The van der Waals surface area contributed by atoms with Crippen LogP contribution < -0.4 is 0 Å². The fourth-order valence-corrected chi connectivity index (χ4v) is 6.50. The summed E-state index contributed by atoms with van der Waals surface area (Å²) in [5.74, 6) is 0.641. The molecule has 206 valence electrons. The Bertz CT molecular complexity index is 2440. The predicted octanol–water partition coefficient (Wildman–Crippen LogP) is 11.1. The maximum atomic E-state index is 5.99. The Morgan fingerprint density at radius 3 is 1.98 bits per heavy atom. The summed E-state index contributed by atoms with van der Waals surface area (Å²) >= 11 is 0. The van der Waals surface area contributed by atoms with Gasteiger partial charge in [0.1, 0.15) is 5.52 Å². The number of nitrogens with zero attached hydrogens (tertiary/aromatic N) is 2. The molecule has 0 aliphatic carbocycles. The van der Waals surface area contributed by atoms with E-state index in [-0.39, 0.29) is 0 Å². The number of aromatic nitrogens is 2. The van der Waals surface area contributed by atoms with Gasteiger partial charge in [-0.2, -0.15) is 0 Å². The van der Waals surface area contributed by atoms with Gasteiger partial charge >= 0.3 is 0 Å². The summed E-state index contributed by atoms with van der Waals surface area (Å²) in [4.78, 5) is 4.66. The zero-order chi connectivity index (χ0) is 29.0. The van der Waals surface area contributed by atoms with Crippen LogP contribution in [0.15, 0.2) is 162 Å². The Balaban J connectivity index is 1.11. The first-order valence-electron chi connectivity index (χ1n) is 14.9. The quantitative estimate of drug-likeness (QED) is 0.214. The molecule has 0 atom stereocenters. The van der Waals surface area contributed by atoms with Crippen LogP contribution in [0.25, 0.3) is 83.1 Å². The monoisotopic (exact) mass is 562 g/mol. The van der Waals surface area contributed by atoms with Crippen molar-refractivity contribution in [3.8, 4) is 39.4 Å². The minimum atomic E-state index is 0.641. The normalized spacial score (nSPS) is 11.6. The third kappa shape index (κ3) is 3.94. The van der Waals surface area contributed by atoms with Gasteiger partial charge in [-0.3, -0.25) is 0 Å². The van der Waals surface area contributed by atoms with Crippen molar-refractivity contribution < 1.29 is 4.42 Å². The molecule has 0 amide bonds. The fourth-order valence-electron chi connectivity index (χ4n) is 6.50. The smallest absolute Gasteiger partial charge is 0.227 e. The fraction of sp³-hybridized carbons (Fsp3) is 0. The zero-order valence-corrected chi connectivity index (χ0v) is 23.8. The molecule has 9 aromatic rings. The van der Waals surface area contributed by atoms with Crippen LogP contribution in [0.2, 0.25) is 0 Å². The van der Waals surface area contributed by atoms with Gasteiger partial charge in [-0.25, -0.2) is 4.98 Å². The second-order valence-electron chi connectivity index (χ2n) is 11.2. The van der Waals surface area contributed by atoms with Crippen LogP contribution in [0.3, 0.4) is 0 Å². The molecule has 0 radical (unpaired) electrons. The summed E-state index contributed by atoms with van der Waals surface area (Å²) in [5, 5.41) is 5.01. The van der Waals surface area contributed by atoms with Gasteiger partial charge in [-0.1, -0.05) is 103 Å². The molecule has 0 N–H and O–H groups in total. The number of fused-ring (bicyclic) bond motifs is 5. The van der Waals surface area contributed by atoms with Crippen molar-refractivity contribution in [3.63, 3.8) is 0 Å². The average Bonchev–Trinajstić information content (AvgIpc) is 3.68. The predicted molar refractivity (Wildman–Crippen MR) is 182 cm³/mol. The maximum absolute atomic E-state index is 5.99. The van der Waals surface area contributed by atoms with Crippen LogP contribution in [0.4, 0.5) is 0 Å². The lowest BCUT2D eigenvalue weighted by atomic mass is 9.98. The molecular formula is C41H26N2O. The lowest BCUT2D eigenvalue weighted by molar-refractivity contribution is 0.620. The van der Waals surface area contributed by atoms with E-state index in [4.69, 9.17) is 4.42 Å². The van der Waals surface area contributed by atoms with Crippen LogP contribution >= 0.6 is 0 Å². The summed E-state index contributed by atoms with van der Waals surface area (Å²) < 4.78 is 8.36. The SMILES string of the molecule is c1ccc2c(-c3ccc(-n4c5ccccc5c5cc(-c6ccc(-c7nc8ccccc8o7)cc6)ccc54)cc3)cccc2c1. The highest BCUT2D eigenvalue weighted by Crippen LogP contribution is 2.36. The van der Waals surface area contributed by atoms with Crippen LogP contribution in [-0.2, 0) is 0 Å². The van der Waals surface area contributed by atoms with E-state index in [0.717, 1.165) is 27.9 Å². The van der Waals surface area contributed by atoms with E-state index in [2.05, 4.69) is 143 Å². The molecule has 3 heteroatoms. The first kappa shape index (κ1) is 24.6. The van der Waals surface area contributed by atoms with E-state index in [9.17, 15) is 0 Å². The third-order valence-electron chi connectivity index (χ3n) is 8.66. The van der Waals surface area contributed by atoms with Gasteiger partial charge in [0, 0.05) is 22.0 Å². The van der Waals surface area contributed by atoms with Crippen LogP contribution in [0.5, 0.6) is 0 Å². The van der Waals surface area contributed by atoms with Crippen molar-refractivity contribution in [3.05, 3.63) is 158 Å². The zero-order valence-electron chi connectivity index (χ0n) is 23.8. The van der Waals surface area contributed by atoms with Gasteiger partial charge in [0.2, 0.25) is 5.89 Å². The van der Waals surface area contributed by atoms with E-state index >= 15 is 0 Å². The van der Waals surface area contributed by atoms with Gasteiger partial charge in [0.25, 0.3) is 0 Å². The Morgan fingerprint density at radius 1 is 0.455 bits per heavy atom. The minimum Gasteiger partial charge on any atom is -0.436 e. The van der Waals surface area contributed by atoms with Crippen molar-refractivity contribution in [2.75, 3.05) is 0 Å². The highest BCUT2D eigenvalue weighted by atomic mass is 16.3. The first-order valence-corrected chi connectivity index (χ1v) is 14.9. The lowest BCUT2D eigenvalue weighted by Gasteiger charge is -2.11. The molecule has 3 nitrogen and oxygen atoms in total. The molecule has 0 saturated carbocycles. The molecular weight excluding hydrogens is 536 g/mol. The molecule has 2 aromatic heterocycles. The number of benzene rings is 7. The molecule has 0 unspecified atom stereocenters. The second-order valence-corrected chi connectivity index (χ2v) is 11.2. The Kier molecular flexibility index (Phi) is 5.50. The number of oxazole rings is 1. The Labute approximate surface area is 254 Å². The van der Waals surface area contributed by atoms with Crippen LogP contribution in [-0.4, -0.2) is 9.55 Å². The molecule has 7 aromatic carbocycles. The highest BCUT2D eigenvalue weighted by molar-refractivity contribution is 6.10. The van der Waals surface area contributed by atoms with E-state index in [1.165, 1.54) is 49.3 Å². The van der Waals surface area contributed by atoms with Crippen molar-refractivity contribution in [2.45, 2.75) is 0 Å². The molecule has 0 fully saturated rings. The van der Waals surface area contributed by atoms with Crippen molar-refractivity contribution in [1.29, 1.82) is 0 Å². The van der Waals surface area contributed by atoms with Crippen LogP contribution in [0.1, 0.15) is 0 Å². The molecule has 0 aliphatic rings. The largest absolute Gasteiger partial charge is 0.436 e. The average molecular weight is 563 g/mol. The summed E-state index contributed by atoms with van der Waals surface area (Å²) in [6.07, 6.45) is 0. The standard InChI is InChI=1S/C41H26N2O/c1-2-10-33-28(8-1)9-7-12-34(33)29-20-23-32(24-21-29)43-38-14-5-3-11-35(38)36-26-31(22-25-39(36)43)27-16-18-30(19-17-27)41-42-37-13-4-6-15-40(37)44-41/h1-26H. The van der Waals surface area contributed by atoms with E-state index in [1.807, 2.05) is 24.3 Å². The molecule has 0 spiro atoms. The molecule has 9 rings (SSSR count). The van der Waals surface area contributed by atoms with Gasteiger partial charge < -0.3 is 8.98 Å². The third-order valence-corrected chi connectivity index (χ3v) is 8.66. The van der Waals surface area contributed by atoms with E-state index < -0.39 is 0 Å². The van der Waals surface area contributed by atoms with Gasteiger partial charge in [-0.05, 0) is 87.6 Å². The number of para-hydroxylation sites is 3. The molecule has 0 aliphatic heterocycles. The molecule has 44 heavy (non-hydrogen) atoms. The van der Waals surface area contributed by atoms with Crippen molar-refractivity contribution in [1.82, 2.24) is 9.55 Å². The molecule has 2 heterocycles. The van der Waals surface area contributed by atoms with E-state index in [0.29, 0.717) is 5.89 Å². The Morgan fingerprint density at radius 2 is 1.11 bits per heavy atom. The van der Waals surface area contributed by atoms with Crippen LogP contribution in [0, 0.1) is 0 Å². The maximum Gasteiger partial charge on any atom is 0.227 e. The lowest BCUT2D eigenvalue weighted by Crippen LogP contribution is -1.94.